The Bertz CT molecular complexity index is 524. The molecule has 0 radical (unpaired) electrons. The van der Waals surface area contributed by atoms with E-state index in [1.165, 1.54) is 12.8 Å². The monoisotopic (exact) mass is 259 g/mol. The molecule has 0 aliphatic heterocycles. The lowest BCUT2D eigenvalue weighted by molar-refractivity contribution is 0.179. The smallest absolute Gasteiger partial charge is 0.143 e. The van der Waals surface area contributed by atoms with Gasteiger partial charge in [0, 0.05) is 12.8 Å². The van der Waals surface area contributed by atoms with Gasteiger partial charge in [-0.2, -0.15) is 0 Å². The number of ether oxygens (including phenoxy) is 1. The van der Waals surface area contributed by atoms with Crippen molar-refractivity contribution in [2.75, 3.05) is 19.0 Å². The Labute approximate surface area is 111 Å². The van der Waals surface area contributed by atoms with Gasteiger partial charge in [-0.05, 0) is 47.4 Å². The number of benzene rings is 1. The average molecular weight is 259 g/mol. The van der Waals surface area contributed by atoms with Gasteiger partial charge in [-0.3, -0.25) is 0 Å². The van der Waals surface area contributed by atoms with Gasteiger partial charge >= 0.3 is 0 Å². The van der Waals surface area contributed by atoms with Crippen LogP contribution in [-0.2, 0) is 4.74 Å². The van der Waals surface area contributed by atoms with Crippen LogP contribution in [0.2, 0.25) is 0 Å². The van der Waals surface area contributed by atoms with Crippen molar-refractivity contribution >= 4 is 5.69 Å². The molecule has 3 rings (SSSR count). The summed E-state index contributed by atoms with van der Waals surface area (Å²) in [6.45, 7) is 0.736. The molecule has 1 aliphatic rings. The maximum Gasteiger partial charge on any atom is 0.143 e. The predicted molar refractivity (Wildman–Crippen MR) is 71.2 cm³/mol. The maximum absolute atomic E-state index is 5.28. The van der Waals surface area contributed by atoms with E-state index < -0.39 is 0 Å². The molecule has 0 bridgehead atoms. The van der Waals surface area contributed by atoms with Crippen molar-refractivity contribution in [1.29, 1.82) is 0 Å². The lowest BCUT2D eigenvalue weighted by Crippen LogP contribution is -2.27. The number of rotatable bonds is 6. The van der Waals surface area contributed by atoms with Crippen molar-refractivity contribution in [2.24, 2.45) is 5.92 Å². The van der Waals surface area contributed by atoms with Gasteiger partial charge in [0.25, 0.3) is 0 Å². The number of tetrazole rings is 1. The molecule has 1 saturated carbocycles. The summed E-state index contributed by atoms with van der Waals surface area (Å²) in [4.78, 5) is 0. The van der Waals surface area contributed by atoms with Crippen molar-refractivity contribution in [3.63, 3.8) is 0 Å². The Balaban J connectivity index is 1.75. The normalized spacial score (nSPS) is 16.3. The van der Waals surface area contributed by atoms with Crippen LogP contribution >= 0.6 is 0 Å². The van der Waals surface area contributed by atoms with E-state index in [0.717, 1.165) is 23.9 Å². The van der Waals surface area contributed by atoms with Crippen molar-refractivity contribution in [1.82, 2.24) is 20.2 Å². The van der Waals surface area contributed by atoms with Gasteiger partial charge in [0.05, 0.1) is 18.3 Å². The van der Waals surface area contributed by atoms with Gasteiger partial charge in [0.2, 0.25) is 0 Å². The van der Waals surface area contributed by atoms with E-state index in [9.17, 15) is 0 Å². The molecule has 1 fully saturated rings. The highest BCUT2D eigenvalue weighted by Gasteiger charge is 2.31. The molecule has 1 heterocycles. The highest BCUT2D eigenvalue weighted by atomic mass is 16.5. The van der Waals surface area contributed by atoms with E-state index in [1.807, 2.05) is 18.2 Å². The summed E-state index contributed by atoms with van der Waals surface area (Å²) in [5.74, 6) is 0.733. The number of anilines is 1. The fraction of sp³-hybridized carbons (Fsp3) is 0.462. The molecule has 1 aromatic heterocycles. The molecule has 1 unspecified atom stereocenters. The van der Waals surface area contributed by atoms with E-state index >= 15 is 0 Å². The third-order valence-electron chi connectivity index (χ3n) is 3.35. The lowest BCUT2D eigenvalue weighted by atomic mass is 10.2. The first-order valence-electron chi connectivity index (χ1n) is 6.46. The van der Waals surface area contributed by atoms with E-state index in [2.05, 4.69) is 26.9 Å². The molecule has 6 nitrogen and oxygen atoms in total. The molecule has 1 aromatic carbocycles. The maximum atomic E-state index is 5.28. The van der Waals surface area contributed by atoms with Crippen molar-refractivity contribution in [3.8, 4) is 5.69 Å². The minimum absolute atomic E-state index is 0.383. The quantitative estimate of drug-likeness (QED) is 0.851. The average Bonchev–Trinajstić information content (AvgIpc) is 3.13. The number of aromatic nitrogens is 4. The number of hydrogen-bond donors (Lipinski definition) is 1. The molecule has 1 aliphatic carbocycles. The summed E-state index contributed by atoms with van der Waals surface area (Å²) >= 11 is 0. The number of nitrogens with zero attached hydrogens (tertiary/aromatic N) is 4. The zero-order chi connectivity index (χ0) is 13.1. The third kappa shape index (κ3) is 2.90. The summed E-state index contributed by atoms with van der Waals surface area (Å²) in [5, 5.41) is 14.7. The number of hydrogen-bond acceptors (Lipinski definition) is 5. The standard InChI is InChI=1S/C13H17N5O/c1-19-8-13(10-5-6-10)15-11-3-2-4-12(7-11)18-9-14-16-17-18/h2-4,7,9-10,13,15H,5-6,8H2,1H3. The molecule has 0 saturated heterocycles. The van der Waals surface area contributed by atoms with Crippen molar-refractivity contribution in [2.45, 2.75) is 18.9 Å². The zero-order valence-corrected chi connectivity index (χ0v) is 10.9. The highest BCUT2D eigenvalue weighted by molar-refractivity contribution is 5.51. The van der Waals surface area contributed by atoms with E-state index in [-0.39, 0.29) is 0 Å². The van der Waals surface area contributed by atoms with Crippen molar-refractivity contribution < 1.29 is 4.74 Å². The second kappa shape index (κ2) is 5.36. The molecule has 6 heteroatoms. The van der Waals surface area contributed by atoms with E-state index in [0.29, 0.717) is 6.04 Å². The van der Waals surface area contributed by atoms with Gasteiger partial charge in [-0.15, -0.1) is 5.10 Å². The zero-order valence-electron chi connectivity index (χ0n) is 10.9. The topological polar surface area (TPSA) is 64.9 Å². The molecule has 19 heavy (non-hydrogen) atoms. The summed E-state index contributed by atoms with van der Waals surface area (Å²) in [7, 11) is 1.74. The van der Waals surface area contributed by atoms with Gasteiger partial charge in [0.15, 0.2) is 0 Å². The number of methoxy groups -OCH3 is 1. The second-order valence-electron chi connectivity index (χ2n) is 4.85. The number of nitrogens with one attached hydrogen (secondary N) is 1. The fourth-order valence-electron chi connectivity index (χ4n) is 2.21. The lowest BCUT2D eigenvalue weighted by Gasteiger charge is -2.19. The fourth-order valence-corrected chi connectivity index (χ4v) is 2.21. The molecule has 2 aromatic rings. The molecular formula is C13H17N5O. The van der Waals surface area contributed by atoms with Gasteiger partial charge in [0.1, 0.15) is 6.33 Å². The minimum atomic E-state index is 0.383. The van der Waals surface area contributed by atoms with Crippen molar-refractivity contribution in [3.05, 3.63) is 30.6 Å². The first kappa shape index (κ1) is 12.1. The second-order valence-corrected chi connectivity index (χ2v) is 4.85. The van der Waals surface area contributed by atoms with Crippen LogP contribution in [0, 0.1) is 5.92 Å². The largest absolute Gasteiger partial charge is 0.383 e. The Kier molecular flexibility index (Phi) is 3.41. The van der Waals surface area contributed by atoms with E-state index in [4.69, 9.17) is 4.74 Å². The van der Waals surface area contributed by atoms with Gasteiger partial charge in [-0.1, -0.05) is 6.07 Å². The van der Waals surface area contributed by atoms with Gasteiger partial charge in [-0.25, -0.2) is 4.68 Å². The van der Waals surface area contributed by atoms with Crippen LogP contribution in [0.5, 0.6) is 0 Å². The molecule has 100 valence electrons. The summed E-state index contributed by atoms with van der Waals surface area (Å²) < 4.78 is 6.93. The summed E-state index contributed by atoms with van der Waals surface area (Å²) in [6, 6.07) is 8.45. The Hall–Kier alpha value is -1.95. The molecule has 1 atom stereocenters. The van der Waals surface area contributed by atoms with Crippen LogP contribution in [-0.4, -0.2) is 40.0 Å². The Morgan fingerprint density at radius 1 is 1.47 bits per heavy atom. The molecule has 0 spiro atoms. The molecule has 0 amide bonds. The third-order valence-corrected chi connectivity index (χ3v) is 3.35. The molecular weight excluding hydrogens is 242 g/mol. The van der Waals surface area contributed by atoms with Crippen LogP contribution in [0.15, 0.2) is 30.6 Å². The van der Waals surface area contributed by atoms with E-state index in [1.54, 1.807) is 18.1 Å². The first-order chi connectivity index (χ1) is 9.36. The SMILES string of the molecule is COCC(Nc1cccc(-n2cnnn2)c1)C1CC1. The Morgan fingerprint density at radius 2 is 2.37 bits per heavy atom. The predicted octanol–water partition coefficient (Wildman–Crippen LogP) is 1.50. The Morgan fingerprint density at radius 3 is 3.05 bits per heavy atom. The van der Waals surface area contributed by atoms with Crippen LogP contribution in [0.4, 0.5) is 5.69 Å². The molecule has 1 N–H and O–H groups in total. The summed E-state index contributed by atoms with van der Waals surface area (Å²) in [6.07, 6.45) is 4.16. The van der Waals surface area contributed by atoms with Gasteiger partial charge < -0.3 is 10.1 Å². The highest BCUT2D eigenvalue weighted by Crippen LogP contribution is 2.34. The van der Waals surface area contributed by atoms with Crippen LogP contribution in [0.1, 0.15) is 12.8 Å². The minimum Gasteiger partial charge on any atom is -0.383 e. The van der Waals surface area contributed by atoms with Crippen LogP contribution < -0.4 is 5.32 Å². The first-order valence-corrected chi connectivity index (χ1v) is 6.46. The summed E-state index contributed by atoms with van der Waals surface area (Å²) in [5.41, 5.74) is 2.02. The van der Waals surface area contributed by atoms with Crippen LogP contribution in [0.3, 0.4) is 0 Å². The van der Waals surface area contributed by atoms with Crippen LogP contribution in [0.25, 0.3) is 5.69 Å².